The Morgan fingerprint density at radius 1 is 1.70 bits per heavy atom. The van der Waals surface area contributed by atoms with Gasteiger partial charge in [-0.1, -0.05) is 6.58 Å². The second-order valence-corrected chi connectivity index (χ2v) is 2.75. The number of rotatable bonds is 3. The molecular formula is C8H13NO. The summed E-state index contributed by atoms with van der Waals surface area (Å²) in [5.74, 6) is 0.140. The number of carbonyl (C=O) groups is 1. The number of nitrogens with one attached hydrogen (secondary N) is 1. The van der Waals surface area contributed by atoms with Gasteiger partial charge < -0.3 is 5.32 Å². The van der Waals surface area contributed by atoms with Crippen molar-refractivity contribution in [3.8, 4) is 0 Å². The molecule has 0 aromatic heterocycles. The monoisotopic (exact) mass is 139 g/mol. The van der Waals surface area contributed by atoms with E-state index in [4.69, 9.17) is 0 Å². The van der Waals surface area contributed by atoms with Crippen LogP contribution in [0, 0.1) is 0 Å². The maximum atomic E-state index is 11.2. The fourth-order valence-corrected chi connectivity index (χ4v) is 1.35. The van der Waals surface area contributed by atoms with Gasteiger partial charge in [0.25, 0.3) is 0 Å². The topological polar surface area (TPSA) is 29.1 Å². The molecule has 0 saturated heterocycles. The van der Waals surface area contributed by atoms with Crippen LogP contribution in [0.5, 0.6) is 0 Å². The number of hydrogen-bond donors (Lipinski definition) is 1. The summed E-state index contributed by atoms with van der Waals surface area (Å²) < 4.78 is 0. The van der Waals surface area contributed by atoms with Crippen LogP contribution < -0.4 is 5.32 Å². The predicted octanol–water partition coefficient (Wildman–Crippen LogP) is 0.884. The largest absolute Gasteiger partial charge is 0.308 e. The number of hydrogen-bond acceptors (Lipinski definition) is 2. The van der Waals surface area contributed by atoms with Gasteiger partial charge in [-0.25, -0.2) is 0 Å². The Morgan fingerprint density at radius 2 is 2.30 bits per heavy atom. The minimum atomic E-state index is -0.234. The highest BCUT2D eigenvalue weighted by molar-refractivity contribution is 5.98. The first-order chi connectivity index (χ1) is 4.75. The Hall–Kier alpha value is -0.630. The van der Waals surface area contributed by atoms with E-state index in [0.29, 0.717) is 0 Å². The molecule has 0 atom stereocenters. The summed E-state index contributed by atoms with van der Waals surface area (Å²) >= 11 is 0. The minimum Gasteiger partial charge on any atom is -0.308 e. The number of likely N-dealkylation sites (N-methyl/N-ethyl adjacent to an activating group) is 1. The van der Waals surface area contributed by atoms with Crippen LogP contribution in [-0.2, 0) is 4.79 Å². The van der Waals surface area contributed by atoms with E-state index in [1.807, 2.05) is 7.05 Å². The molecule has 10 heavy (non-hydrogen) atoms. The lowest BCUT2D eigenvalue weighted by Gasteiger charge is -2.39. The zero-order valence-corrected chi connectivity index (χ0v) is 6.31. The highest BCUT2D eigenvalue weighted by Crippen LogP contribution is 2.32. The minimum absolute atomic E-state index is 0.140. The Labute approximate surface area is 61.3 Å². The van der Waals surface area contributed by atoms with Crippen LogP contribution in [-0.4, -0.2) is 18.4 Å². The molecule has 1 fully saturated rings. The van der Waals surface area contributed by atoms with Crippen molar-refractivity contribution in [3.05, 3.63) is 12.7 Å². The Kier molecular flexibility index (Phi) is 1.90. The average molecular weight is 139 g/mol. The maximum Gasteiger partial charge on any atom is 0.175 e. The molecule has 2 heteroatoms. The summed E-state index contributed by atoms with van der Waals surface area (Å²) in [5, 5.41) is 3.04. The van der Waals surface area contributed by atoms with Crippen molar-refractivity contribution in [2.75, 3.05) is 7.05 Å². The highest BCUT2D eigenvalue weighted by Gasteiger charge is 2.40. The van der Waals surface area contributed by atoms with E-state index in [9.17, 15) is 4.79 Å². The first kappa shape index (κ1) is 7.48. The van der Waals surface area contributed by atoms with E-state index in [1.165, 1.54) is 6.08 Å². The van der Waals surface area contributed by atoms with Crippen molar-refractivity contribution in [2.45, 2.75) is 24.8 Å². The van der Waals surface area contributed by atoms with Gasteiger partial charge >= 0.3 is 0 Å². The van der Waals surface area contributed by atoms with E-state index in [1.54, 1.807) is 0 Å². The van der Waals surface area contributed by atoms with Gasteiger partial charge in [-0.05, 0) is 32.4 Å². The quantitative estimate of drug-likeness (QED) is 0.588. The Balaban J connectivity index is 2.64. The molecule has 0 aromatic carbocycles. The molecule has 0 unspecified atom stereocenters. The standard InChI is InChI=1S/C8H13NO/c1-3-7(10)8(9-2)5-4-6-8/h3,9H,1,4-6H2,2H3. The maximum absolute atomic E-state index is 11.2. The zero-order valence-electron chi connectivity index (χ0n) is 6.31. The smallest absolute Gasteiger partial charge is 0.175 e. The fraction of sp³-hybridized carbons (Fsp3) is 0.625. The molecule has 1 aliphatic carbocycles. The SMILES string of the molecule is C=CC(=O)C1(NC)CCC1. The summed E-state index contributed by atoms with van der Waals surface area (Å²) in [5.41, 5.74) is -0.234. The predicted molar refractivity (Wildman–Crippen MR) is 40.8 cm³/mol. The van der Waals surface area contributed by atoms with Crippen LogP contribution in [0.25, 0.3) is 0 Å². The average Bonchev–Trinajstić information content (AvgIpc) is 1.86. The van der Waals surface area contributed by atoms with E-state index < -0.39 is 0 Å². The number of ketones is 1. The molecule has 0 amide bonds. The van der Waals surface area contributed by atoms with Crippen molar-refractivity contribution < 1.29 is 4.79 Å². The third kappa shape index (κ3) is 0.886. The van der Waals surface area contributed by atoms with Crippen molar-refractivity contribution in [3.63, 3.8) is 0 Å². The summed E-state index contributed by atoms with van der Waals surface area (Å²) in [7, 11) is 1.83. The molecule has 0 spiro atoms. The molecule has 1 saturated carbocycles. The van der Waals surface area contributed by atoms with Crippen LogP contribution in [0.2, 0.25) is 0 Å². The third-order valence-corrected chi connectivity index (χ3v) is 2.34. The summed E-state index contributed by atoms with van der Waals surface area (Å²) in [4.78, 5) is 11.2. The Morgan fingerprint density at radius 3 is 2.40 bits per heavy atom. The van der Waals surface area contributed by atoms with Gasteiger partial charge in [0.1, 0.15) is 0 Å². The van der Waals surface area contributed by atoms with Crippen LogP contribution in [0.4, 0.5) is 0 Å². The lowest BCUT2D eigenvalue weighted by molar-refractivity contribution is -0.123. The molecular weight excluding hydrogens is 126 g/mol. The molecule has 0 aliphatic heterocycles. The first-order valence-electron chi connectivity index (χ1n) is 3.61. The number of carbonyl (C=O) groups excluding carboxylic acids is 1. The molecule has 1 N–H and O–H groups in total. The second kappa shape index (κ2) is 2.54. The van der Waals surface area contributed by atoms with Gasteiger partial charge in [0.05, 0.1) is 5.54 Å². The van der Waals surface area contributed by atoms with Gasteiger partial charge in [-0.3, -0.25) is 4.79 Å². The highest BCUT2D eigenvalue weighted by atomic mass is 16.1. The third-order valence-electron chi connectivity index (χ3n) is 2.34. The van der Waals surface area contributed by atoms with Gasteiger partial charge in [-0.2, -0.15) is 0 Å². The van der Waals surface area contributed by atoms with Crippen molar-refractivity contribution in [1.82, 2.24) is 5.32 Å². The second-order valence-electron chi connectivity index (χ2n) is 2.75. The van der Waals surface area contributed by atoms with Gasteiger partial charge in [-0.15, -0.1) is 0 Å². The summed E-state index contributed by atoms with van der Waals surface area (Å²) in [6.07, 6.45) is 4.50. The summed E-state index contributed by atoms with van der Waals surface area (Å²) in [6.45, 7) is 3.47. The molecule has 0 bridgehead atoms. The molecule has 0 heterocycles. The van der Waals surface area contributed by atoms with Crippen LogP contribution >= 0.6 is 0 Å². The lowest BCUT2D eigenvalue weighted by atomic mass is 9.74. The Bertz CT molecular complexity index is 153. The molecule has 0 radical (unpaired) electrons. The zero-order chi connectivity index (χ0) is 7.61. The van der Waals surface area contributed by atoms with Crippen molar-refractivity contribution in [2.24, 2.45) is 0 Å². The molecule has 1 rings (SSSR count). The van der Waals surface area contributed by atoms with E-state index in [0.717, 1.165) is 19.3 Å². The molecule has 56 valence electrons. The normalized spacial score (nSPS) is 21.3. The van der Waals surface area contributed by atoms with E-state index in [2.05, 4.69) is 11.9 Å². The van der Waals surface area contributed by atoms with Gasteiger partial charge in [0.2, 0.25) is 0 Å². The van der Waals surface area contributed by atoms with Crippen LogP contribution in [0.3, 0.4) is 0 Å². The van der Waals surface area contributed by atoms with Crippen LogP contribution in [0.1, 0.15) is 19.3 Å². The first-order valence-corrected chi connectivity index (χ1v) is 3.61. The van der Waals surface area contributed by atoms with E-state index in [-0.39, 0.29) is 11.3 Å². The van der Waals surface area contributed by atoms with Gasteiger partial charge in [0.15, 0.2) is 5.78 Å². The molecule has 2 nitrogen and oxygen atoms in total. The lowest BCUT2D eigenvalue weighted by Crippen LogP contribution is -2.54. The van der Waals surface area contributed by atoms with Crippen LogP contribution in [0.15, 0.2) is 12.7 Å². The summed E-state index contributed by atoms with van der Waals surface area (Å²) in [6, 6.07) is 0. The van der Waals surface area contributed by atoms with E-state index >= 15 is 0 Å². The molecule has 1 aliphatic rings. The molecule has 0 aromatic rings. The van der Waals surface area contributed by atoms with Crippen molar-refractivity contribution in [1.29, 1.82) is 0 Å². The van der Waals surface area contributed by atoms with Crippen molar-refractivity contribution >= 4 is 5.78 Å². The fourth-order valence-electron chi connectivity index (χ4n) is 1.35. The van der Waals surface area contributed by atoms with Gasteiger partial charge in [0, 0.05) is 0 Å².